The van der Waals surface area contributed by atoms with E-state index in [1.807, 2.05) is 42.0 Å². The van der Waals surface area contributed by atoms with Gasteiger partial charge < -0.3 is 19.4 Å². The zero-order valence-electron chi connectivity index (χ0n) is 17.7. The molecule has 1 heterocycles. The zero-order valence-corrected chi connectivity index (χ0v) is 17.7. The third kappa shape index (κ3) is 6.50. The summed E-state index contributed by atoms with van der Waals surface area (Å²) in [5.74, 6) is 0.0665. The second-order valence-electron chi connectivity index (χ2n) is 7.24. The van der Waals surface area contributed by atoms with Crippen molar-refractivity contribution in [1.29, 1.82) is 0 Å². The van der Waals surface area contributed by atoms with Crippen LogP contribution in [0.5, 0.6) is 11.5 Å². The molecule has 1 unspecified atom stereocenters. The summed E-state index contributed by atoms with van der Waals surface area (Å²) in [5.41, 5.74) is 2.70. The molecule has 6 nitrogen and oxygen atoms in total. The van der Waals surface area contributed by atoms with Crippen molar-refractivity contribution in [2.75, 3.05) is 13.7 Å². The van der Waals surface area contributed by atoms with Gasteiger partial charge in [0.05, 0.1) is 19.5 Å². The van der Waals surface area contributed by atoms with Crippen molar-refractivity contribution in [3.63, 3.8) is 0 Å². The fourth-order valence-electron chi connectivity index (χ4n) is 3.15. The Morgan fingerprint density at radius 3 is 2.53 bits per heavy atom. The van der Waals surface area contributed by atoms with Crippen molar-refractivity contribution in [3.05, 3.63) is 72.3 Å². The molecule has 0 bridgehead atoms. The van der Waals surface area contributed by atoms with Crippen LogP contribution in [0.3, 0.4) is 0 Å². The molecule has 3 aromatic rings. The van der Waals surface area contributed by atoms with Gasteiger partial charge in [-0.15, -0.1) is 0 Å². The molecule has 0 aliphatic rings. The third-order valence-corrected chi connectivity index (χ3v) is 4.83. The molecule has 0 spiro atoms. The topological polar surface area (TPSA) is 65.4 Å². The Bertz CT molecular complexity index is 1020. The molecule has 0 fully saturated rings. The molecule has 0 aliphatic carbocycles. The summed E-state index contributed by atoms with van der Waals surface area (Å²) in [7, 11) is 1.35. The summed E-state index contributed by atoms with van der Waals surface area (Å²) in [4.78, 5) is 16.4. The van der Waals surface area contributed by atoms with Gasteiger partial charge in [0.1, 0.15) is 0 Å². The van der Waals surface area contributed by atoms with E-state index in [-0.39, 0.29) is 29.9 Å². The van der Waals surface area contributed by atoms with E-state index >= 15 is 0 Å². The molecule has 0 aliphatic heterocycles. The first kappa shape index (κ1) is 23.2. The van der Waals surface area contributed by atoms with Gasteiger partial charge in [0, 0.05) is 24.5 Å². The molecular formula is C23H24F3N3O3. The Labute approximate surface area is 184 Å². The first-order chi connectivity index (χ1) is 15.2. The van der Waals surface area contributed by atoms with Gasteiger partial charge in [-0.1, -0.05) is 18.2 Å². The summed E-state index contributed by atoms with van der Waals surface area (Å²) >= 11 is 0. The van der Waals surface area contributed by atoms with Crippen molar-refractivity contribution >= 4 is 5.91 Å². The molecule has 0 saturated heterocycles. The highest BCUT2D eigenvalue weighted by molar-refractivity contribution is 5.76. The van der Waals surface area contributed by atoms with E-state index in [4.69, 9.17) is 9.47 Å². The summed E-state index contributed by atoms with van der Waals surface area (Å²) in [6, 6.07) is 12.3. The number of hydrogen-bond acceptors (Lipinski definition) is 4. The second kappa shape index (κ2) is 10.2. The molecule has 1 aromatic heterocycles. The van der Waals surface area contributed by atoms with E-state index in [9.17, 15) is 18.0 Å². The lowest BCUT2D eigenvalue weighted by atomic mass is 10.1. The number of hydrogen-bond donors (Lipinski definition) is 1. The number of rotatable bonds is 9. The molecule has 0 saturated carbocycles. The molecule has 9 heteroatoms. The largest absolute Gasteiger partial charge is 0.493 e. The number of nitrogens with one attached hydrogen (secondary N) is 1. The first-order valence-electron chi connectivity index (χ1n) is 9.99. The number of ether oxygens (including phenoxy) is 2. The first-order valence-corrected chi connectivity index (χ1v) is 9.99. The fourth-order valence-corrected chi connectivity index (χ4v) is 3.15. The predicted molar refractivity (Wildman–Crippen MR) is 113 cm³/mol. The number of alkyl halides is 3. The molecule has 1 N–H and O–H groups in total. The summed E-state index contributed by atoms with van der Waals surface area (Å²) < 4.78 is 48.9. The normalized spacial score (nSPS) is 12.3. The van der Waals surface area contributed by atoms with Crippen LogP contribution in [0, 0.1) is 0 Å². The van der Waals surface area contributed by atoms with Crippen LogP contribution in [0.15, 0.2) is 61.2 Å². The predicted octanol–water partition coefficient (Wildman–Crippen LogP) is 4.63. The minimum atomic E-state index is -4.43. The van der Waals surface area contributed by atoms with E-state index in [0.717, 1.165) is 16.8 Å². The molecule has 170 valence electrons. The van der Waals surface area contributed by atoms with Gasteiger partial charge in [0.25, 0.3) is 0 Å². The highest BCUT2D eigenvalue weighted by Crippen LogP contribution is 2.30. The number of nitrogens with zero attached hydrogens (tertiary/aromatic N) is 2. The SMILES string of the molecule is COc1cc(CCC(=O)NC(C)c2ccc(-n3ccnc3)cc2)ccc1OCC(F)(F)F. The van der Waals surface area contributed by atoms with Crippen molar-refractivity contribution in [2.45, 2.75) is 32.0 Å². The zero-order chi connectivity index (χ0) is 23.1. The lowest BCUT2D eigenvalue weighted by molar-refractivity contribution is -0.153. The Morgan fingerprint density at radius 1 is 1.16 bits per heavy atom. The number of amides is 1. The van der Waals surface area contributed by atoms with Gasteiger partial charge in [-0.3, -0.25) is 4.79 Å². The third-order valence-electron chi connectivity index (χ3n) is 4.83. The van der Waals surface area contributed by atoms with Crippen molar-refractivity contribution in [2.24, 2.45) is 0 Å². The maximum absolute atomic E-state index is 12.4. The van der Waals surface area contributed by atoms with Crippen LogP contribution < -0.4 is 14.8 Å². The van der Waals surface area contributed by atoms with Gasteiger partial charge in [0.2, 0.25) is 5.91 Å². The van der Waals surface area contributed by atoms with E-state index in [2.05, 4.69) is 10.3 Å². The van der Waals surface area contributed by atoms with Crippen LogP contribution in [-0.2, 0) is 11.2 Å². The molecule has 3 rings (SSSR count). The highest BCUT2D eigenvalue weighted by atomic mass is 19.4. The quantitative estimate of drug-likeness (QED) is 0.519. The molecule has 1 atom stereocenters. The average molecular weight is 447 g/mol. The molecule has 0 radical (unpaired) electrons. The number of benzene rings is 2. The standard InChI is InChI=1S/C23H24F3N3O3/c1-16(18-5-7-19(8-6-18)29-12-11-27-15-29)28-22(30)10-4-17-3-9-20(21(13-17)31-2)32-14-23(24,25)26/h3,5-9,11-13,15-16H,4,10,14H2,1-2H3,(H,28,30). The number of carbonyl (C=O) groups is 1. The Balaban J connectivity index is 1.52. The van der Waals surface area contributed by atoms with Gasteiger partial charge in [0.15, 0.2) is 18.1 Å². The van der Waals surface area contributed by atoms with Crippen LogP contribution in [0.25, 0.3) is 5.69 Å². The lowest BCUT2D eigenvalue weighted by Crippen LogP contribution is -2.26. The fraction of sp³-hybridized carbons (Fsp3) is 0.304. The maximum Gasteiger partial charge on any atom is 0.422 e. The van der Waals surface area contributed by atoms with Gasteiger partial charge in [-0.2, -0.15) is 13.2 Å². The minimum absolute atomic E-state index is 0.00536. The number of methoxy groups -OCH3 is 1. The van der Waals surface area contributed by atoms with Crippen LogP contribution in [-0.4, -0.2) is 35.4 Å². The molecular weight excluding hydrogens is 423 g/mol. The number of aryl methyl sites for hydroxylation is 1. The number of halogens is 3. The summed E-state index contributed by atoms with van der Waals surface area (Å²) in [5, 5.41) is 2.96. The van der Waals surface area contributed by atoms with Crippen molar-refractivity contribution in [3.8, 4) is 17.2 Å². The van der Waals surface area contributed by atoms with E-state index in [0.29, 0.717) is 6.42 Å². The van der Waals surface area contributed by atoms with Gasteiger partial charge in [-0.05, 0) is 48.7 Å². The Kier molecular flexibility index (Phi) is 7.40. The van der Waals surface area contributed by atoms with E-state index < -0.39 is 12.8 Å². The van der Waals surface area contributed by atoms with Crippen LogP contribution in [0.2, 0.25) is 0 Å². The van der Waals surface area contributed by atoms with Crippen LogP contribution >= 0.6 is 0 Å². The molecule has 1 amide bonds. The summed E-state index contributed by atoms with van der Waals surface area (Å²) in [6.07, 6.45) is 1.47. The second-order valence-corrected chi connectivity index (χ2v) is 7.24. The van der Waals surface area contributed by atoms with E-state index in [1.165, 1.54) is 13.2 Å². The van der Waals surface area contributed by atoms with Gasteiger partial charge in [-0.25, -0.2) is 4.98 Å². The van der Waals surface area contributed by atoms with Crippen molar-refractivity contribution in [1.82, 2.24) is 14.9 Å². The van der Waals surface area contributed by atoms with Crippen LogP contribution in [0.1, 0.15) is 30.5 Å². The van der Waals surface area contributed by atoms with Crippen LogP contribution in [0.4, 0.5) is 13.2 Å². The summed E-state index contributed by atoms with van der Waals surface area (Å²) in [6.45, 7) is 0.506. The average Bonchev–Trinajstić information content (AvgIpc) is 3.31. The maximum atomic E-state index is 12.4. The monoisotopic (exact) mass is 447 g/mol. The van der Waals surface area contributed by atoms with E-state index in [1.54, 1.807) is 24.7 Å². The number of carbonyl (C=O) groups excluding carboxylic acids is 1. The molecule has 32 heavy (non-hydrogen) atoms. The number of imidazole rings is 1. The van der Waals surface area contributed by atoms with Crippen molar-refractivity contribution < 1.29 is 27.4 Å². The number of aromatic nitrogens is 2. The molecule has 2 aromatic carbocycles. The smallest absolute Gasteiger partial charge is 0.422 e. The van der Waals surface area contributed by atoms with Gasteiger partial charge >= 0.3 is 6.18 Å². The Hall–Kier alpha value is -3.49. The Morgan fingerprint density at radius 2 is 1.91 bits per heavy atom. The lowest BCUT2D eigenvalue weighted by Gasteiger charge is -2.16. The highest BCUT2D eigenvalue weighted by Gasteiger charge is 2.29. The minimum Gasteiger partial charge on any atom is -0.493 e.